The molecule has 1 saturated heterocycles. The lowest BCUT2D eigenvalue weighted by Crippen LogP contribution is -2.35. The number of nitrogens with one attached hydrogen (secondary N) is 1. The normalized spacial score (nSPS) is 27.6. The summed E-state index contributed by atoms with van der Waals surface area (Å²) in [6.45, 7) is 7.43. The van der Waals surface area contributed by atoms with Crippen LogP contribution in [0.15, 0.2) is 0 Å². The Morgan fingerprint density at radius 2 is 1.79 bits per heavy atom. The highest BCUT2D eigenvalue weighted by Gasteiger charge is 2.34. The summed E-state index contributed by atoms with van der Waals surface area (Å²) in [5, 5.41) is 3.49. The van der Waals surface area contributed by atoms with Gasteiger partial charge in [0.2, 0.25) is 0 Å². The Labute approximate surface area is 120 Å². The molecule has 0 bridgehead atoms. The zero-order chi connectivity index (χ0) is 13.3. The number of rotatable bonds is 9. The topological polar surface area (TPSA) is 15.3 Å². The van der Waals surface area contributed by atoms with Crippen molar-refractivity contribution in [2.45, 2.75) is 77.2 Å². The van der Waals surface area contributed by atoms with Gasteiger partial charge in [0.15, 0.2) is 0 Å². The summed E-state index contributed by atoms with van der Waals surface area (Å²) in [6, 6.07) is 0.972. The molecule has 112 valence electrons. The van der Waals surface area contributed by atoms with E-state index in [2.05, 4.69) is 17.1 Å². The number of likely N-dealkylation sites (tertiary alicyclic amines) is 1. The predicted molar refractivity (Wildman–Crippen MR) is 83.6 cm³/mol. The molecule has 2 rings (SSSR count). The molecule has 0 spiro atoms. The maximum Gasteiger partial charge on any atom is 0.0124 e. The van der Waals surface area contributed by atoms with E-state index in [0.717, 1.165) is 12.0 Å². The van der Waals surface area contributed by atoms with Crippen LogP contribution in [0.5, 0.6) is 0 Å². The molecule has 0 aromatic rings. The molecule has 1 saturated carbocycles. The Hall–Kier alpha value is -0.0800. The predicted octanol–water partition coefficient (Wildman–Crippen LogP) is 3.81. The van der Waals surface area contributed by atoms with Crippen LogP contribution in [0.2, 0.25) is 0 Å². The van der Waals surface area contributed by atoms with Crippen molar-refractivity contribution in [2.75, 3.05) is 26.2 Å². The van der Waals surface area contributed by atoms with Gasteiger partial charge < -0.3 is 10.2 Å². The van der Waals surface area contributed by atoms with Crippen LogP contribution in [0.4, 0.5) is 0 Å². The fourth-order valence-electron chi connectivity index (χ4n) is 4.00. The minimum absolute atomic E-state index is 0.972. The minimum Gasteiger partial charge on any atom is -0.317 e. The highest BCUT2D eigenvalue weighted by atomic mass is 15.2. The Balaban J connectivity index is 1.47. The zero-order valence-electron chi connectivity index (χ0n) is 13.0. The first-order valence-corrected chi connectivity index (χ1v) is 8.86. The molecule has 2 unspecified atom stereocenters. The third-order valence-corrected chi connectivity index (χ3v) is 5.10. The average molecular weight is 266 g/mol. The standard InChI is InChI=1S/C17H34N2/c1-2-12-18-13-7-3-4-8-14-19-15-11-16-9-5-6-10-17(16)19/h16-18H,2-15H2,1H3. The number of fused-ring (bicyclic) bond motifs is 1. The van der Waals surface area contributed by atoms with Crippen molar-refractivity contribution in [3.63, 3.8) is 0 Å². The molecular formula is C17H34N2. The lowest BCUT2D eigenvalue weighted by atomic mass is 9.85. The van der Waals surface area contributed by atoms with Gasteiger partial charge in [-0.15, -0.1) is 0 Å². The lowest BCUT2D eigenvalue weighted by molar-refractivity contribution is 0.179. The van der Waals surface area contributed by atoms with E-state index in [1.807, 2.05) is 0 Å². The van der Waals surface area contributed by atoms with Crippen LogP contribution in [0, 0.1) is 5.92 Å². The first kappa shape index (κ1) is 15.3. The van der Waals surface area contributed by atoms with Crippen molar-refractivity contribution >= 4 is 0 Å². The Kier molecular flexibility index (Phi) is 7.23. The van der Waals surface area contributed by atoms with Crippen molar-refractivity contribution in [1.82, 2.24) is 10.2 Å². The van der Waals surface area contributed by atoms with Gasteiger partial charge in [0.1, 0.15) is 0 Å². The summed E-state index contributed by atoms with van der Waals surface area (Å²) in [4.78, 5) is 2.82. The molecule has 2 nitrogen and oxygen atoms in total. The molecule has 1 aliphatic carbocycles. The van der Waals surface area contributed by atoms with Crippen molar-refractivity contribution in [3.8, 4) is 0 Å². The second-order valence-corrected chi connectivity index (χ2v) is 6.60. The lowest BCUT2D eigenvalue weighted by Gasteiger charge is -2.31. The van der Waals surface area contributed by atoms with Gasteiger partial charge in [-0.2, -0.15) is 0 Å². The highest BCUT2D eigenvalue weighted by Crippen LogP contribution is 2.36. The largest absolute Gasteiger partial charge is 0.317 e. The second kappa shape index (κ2) is 8.97. The molecule has 0 amide bonds. The van der Waals surface area contributed by atoms with Crippen LogP contribution in [0.1, 0.15) is 71.1 Å². The van der Waals surface area contributed by atoms with Crippen molar-refractivity contribution < 1.29 is 0 Å². The van der Waals surface area contributed by atoms with E-state index in [-0.39, 0.29) is 0 Å². The van der Waals surface area contributed by atoms with Crippen molar-refractivity contribution in [2.24, 2.45) is 5.92 Å². The van der Waals surface area contributed by atoms with Crippen LogP contribution in [0.25, 0.3) is 0 Å². The molecule has 2 heteroatoms. The van der Waals surface area contributed by atoms with Crippen LogP contribution < -0.4 is 5.32 Å². The maximum atomic E-state index is 3.49. The molecular weight excluding hydrogens is 232 g/mol. The number of unbranched alkanes of at least 4 members (excludes halogenated alkanes) is 3. The molecule has 1 heterocycles. The quantitative estimate of drug-likeness (QED) is 0.638. The maximum absolute atomic E-state index is 3.49. The summed E-state index contributed by atoms with van der Waals surface area (Å²) >= 11 is 0. The van der Waals surface area contributed by atoms with E-state index < -0.39 is 0 Å². The monoisotopic (exact) mass is 266 g/mol. The summed E-state index contributed by atoms with van der Waals surface area (Å²) in [6.07, 6.45) is 14.4. The molecule has 2 fully saturated rings. The van der Waals surface area contributed by atoms with E-state index in [4.69, 9.17) is 0 Å². The molecule has 2 aliphatic rings. The van der Waals surface area contributed by atoms with Gasteiger partial charge in [-0.1, -0.05) is 32.6 Å². The van der Waals surface area contributed by atoms with Gasteiger partial charge in [0.05, 0.1) is 0 Å². The van der Waals surface area contributed by atoms with Crippen molar-refractivity contribution in [1.29, 1.82) is 0 Å². The Morgan fingerprint density at radius 3 is 2.68 bits per heavy atom. The van der Waals surface area contributed by atoms with Gasteiger partial charge >= 0.3 is 0 Å². The summed E-state index contributed by atoms with van der Waals surface area (Å²) in [5.41, 5.74) is 0. The third-order valence-electron chi connectivity index (χ3n) is 5.10. The summed E-state index contributed by atoms with van der Waals surface area (Å²) in [7, 11) is 0. The fourth-order valence-corrected chi connectivity index (χ4v) is 4.00. The molecule has 0 aromatic carbocycles. The van der Waals surface area contributed by atoms with E-state index >= 15 is 0 Å². The minimum atomic E-state index is 0.972. The zero-order valence-corrected chi connectivity index (χ0v) is 13.0. The van der Waals surface area contributed by atoms with E-state index in [9.17, 15) is 0 Å². The average Bonchev–Trinajstić information content (AvgIpc) is 2.85. The number of hydrogen-bond donors (Lipinski definition) is 1. The van der Waals surface area contributed by atoms with Crippen LogP contribution >= 0.6 is 0 Å². The molecule has 1 N–H and O–H groups in total. The first-order chi connectivity index (χ1) is 9.42. The van der Waals surface area contributed by atoms with Gasteiger partial charge in [0, 0.05) is 6.04 Å². The van der Waals surface area contributed by atoms with Gasteiger partial charge in [-0.05, 0) is 70.6 Å². The second-order valence-electron chi connectivity index (χ2n) is 6.60. The van der Waals surface area contributed by atoms with Gasteiger partial charge in [-0.25, -0.2) is 0 Å². The summed E-state index contributed by atoms with van der Waals surface area (Å²) < 4.78 is 0. The molecule has 1 aliphatic heterocycles. The smallest absolute Gasteiger partial charge is 0.0124 e. The van der Waals surface area contributed by atoms with Crippen LogP contribution in [-0.4, -0.2) is 37.1 Å². The molecule has 0 radical (unpaired) electrons. The van der Waals surface area contributed by atoms with Gasteiger partial charge in [0.25, 0.3) is 0 Å². The highest BCUT2D eigenvalue weighted by molar-refractivity contribution is 4.89. The van der Waals surface area contributed by atoms with Gasteiger partial charge in [-0.3, -0.25) is 0 Å². The SMILES string of the molecule is CCCNCCCCCCN1CCC2CCCCC21. The van der Waals surface area contributed by atoms with E-state index in [1.165, 1.54) is 90.4 Å². The third kappa shape index (κ3) is 5.07. The van der Waals surface area contributed by atoms with Crippen molar-refractivity contribution in [3.05, 3.63) is 0 Å². The molecule has 2 atom stereocenters. The Morgan fingerprint density at radius 1 is 0.947 bits per heavy atom. The van der Waals surface area contributed by atoms with Crippen LogP contribution in [-0.2, 0) is 0 Å². The number of nitrogens with zero attached hydrogens (tertiary/aromatic N) is 1. The van der Waals surface area contributed by atoms with Crippen LogP contribution in [0.3, 0.4) is 0 Å². The Bertz CT molecular complexity index is 229. The number of hydrogen-bond acceptors (Lipinski definition) is 2. The fraction of sp³-hybridized carbons (Fsp3) is 1.00. The molecule has 0 aromatic heterocycles. The first-order valence-electron chi connectivity index (χ1n) is 8.86. The van der Waals surface area contributed by atoms with E-state index in [1.54, 1.807) is 0 Å². The molecule has 19 heavy (non-hydrogen) atoms. The summed E-state index contributed by atoms with van der Waals surface area (Å²) in [5.74, 6) is 1.06. The van der Waals surface area contributed by atoms with E-state index in [0.29, 0.717) is 0 Å².